The monoisotopic (exact) mass is 547 g/mol. The normalized spacial score (nSPS) is 15.1. The maximum absolute atomic E-state index is 12.7. The number of hydrogen-bond donors (Lipinski definition) is 2. The van der Waals surface area contributed by atoms with Gasteiger partial charge in [-0.1, -0.05) is 112 Å². The SMILES string of the molecule is CC(=O)O[C@H](C)[C@@H](C(=O)O)[C@H](NCc1ccccc1)[C@H](C)O[Si](c1ccccc1)(c1ccccc1)C(C)(C)C. The molecule has 0 saturated heterocycles. The molecule has 0 fully saturated rings. The van der Waals surface area contributed by atoms with Gasteiger partial charge in [-0.05, 0) is 34.8 Å². The first kappa shape index (κ1) is 30.3. The molecule has 0 heterocycles. The van der Waals surface area contributed by atoms with Crippen molar-refractivity contribution in [1.29, 1.82) is 0 Å². The molecule has 0 radical (unpaired) electrons. The smallest absolute Gasteiger partial charge is 0.311 e. The molecule has 39 heavy (non-hydrogen) atoms. The summed E-state index contributed by atoms with van der Waals surface area (Å²) in [5, 5.41) is 15.8. The maximum atomic E-state index is 12.7. The number of carboxylic acids is 1. The first-order valence-electron chi connectivity index (χ1n) is 13.4. The Bertz CT molecular complexity index is 1160. The molecule has 0 spiro atoms. The number of benzene rings is 3. The van der Waals surface area contributed by atoms with Gasteiger partial charge in [0, 0.05) is 19.5 Å². The summed E-state index contributed by atoms with van der Waals surface area (Å²) in [5.74, 6) is -2.60. The number of carbonyl (C=O) groups is 2. The van der Waals surface area contributed by atoms with E-state index in [9.17, 15) is 14.7 Å². The van der Waals surface area contributed by atoms with Gasteiger partial charge >= 0.3 is 11.9 Å². The van der Waals surface area contributed by atoms with Crippen LogP contribution in [0.4, 0.5) is 0 Å². The summed E-state index contributed by atoms with van der Waals surface area (Å²) in [7, 11) is -2.97. The molecule has 0 aliphatic rings. The molecule has 208 valence electrons. The predicted molar refractivity (Wildman–Crippen MR) is 158 cm³/mol. The second kappa shape index (κ2) is 13.2. The Hall–Kier alpha value is -3.26. The van der Waals surface area contributed by atoms with E-state index in [2.05, 4.69) is 50.4 Å². The number of esters is 1. The van der Waals surface area contributed by atoms with E-state index in [-0.39, 0.29) is 5.04 Å². The fourth-order valence-electron chi connectivity index (χ4n) is 5.44. The Morgan fingerprint density at radius 1 is 0.821 bits per heavy atom. The van der Waals surface area contributed by atoms with Crippen molar-refractivity contribution in [3.8, 4) is 0 Å². The maximum Gasteiger partial charge on any atom is 0.311 e. The van der Waals surface area contributed by atoms with Crippen molar-refractivity contribution < 1.29 is 23.9 Å². The molecule has 4 atom stereocenters. The zero-order valence-corrected chi connectivity index (χ0v) is 24.8. The Morgan fingerprint density at radius 2 is 1.28 bits per heavy atom. The van der Waals surface area contributed by atoms with Crippen LogP contribution in [0.3, 0.4) is 0 Å². The fraction of sp³-hybridized carbons (Fsp3) is 0.375. The second-order valence-electron chi connectivity index (χ2n) is 11.1. The number of nitrogens with one attached hydrogen (secondary N) is 1. The third-order valence-electron chi connectivity index (χ3n) is 7.20. The van der Waals surface area contributed by atoms with Gasteiger partial charge in [-0.25, -0.2) is 0 Å². The molecular formula is C32H41NO5Si. The molecule has 7 heteroatoms. The van der Waals surface area contributed by atoms with Crippen LogP contribution in [0.2, 0.25) is 5.04 Å². The lowest BCUT2D eigenvalue weighted by Crippen LogP contribution is -2.69. The van der Waals surface area contributed by atoms with Crippen molar-refractivity contribution in [3.05, 3.63) is 96.6 Å². The molecule has 0 unspecified atom stereocenters. The standard InChI is InChI=1S/C32H41NO5Si/c1-23(37-25(3)34)29(31(35)36)30(33-22-26-16-10-7-11-17-26)24(2)38-39(32(4,5)6,27-18-12-8-13-19-27)28-20-14-9-15-21-28/h7-21,23-24,29-30,33H,22H2,1-6H3,(H,35,36)/t23-,24+,29-,30-/m1/s1. The molecule has 6 nitrogen and oxygen atoms in total. The Balaban J connectivity index is 2.12. The molecule has 0 saturated carbocycles. The van der Waals surface area contributed by atoms with Gasteiger partial charge in [-0.2, -0.15) is 0 Å². The highest BCUT2D eigenvalue weighted by atomic mass is 28.4. The average molecular weight is 548 g/mol. The lowest BCUT2D eigenvalue weighted by Gasteiger charge is -2.46. The molecule has 3 rings (SSSR count). The zero-order valence-electron chi connectivity index (χ0n) is 23.8. The van der Waals surface area contributed by atoms with Gasteiger partial charge in [0.05, 0.1) is 6.10 Å². The van der Waals surface area contributed by atoms with Crippen LogP contribution >= 0.6 is 0 Å². The lowest BCUT2D eigenvalue weighted by molar-refractivity contribution is -0.158. The van der Waals surface area contributed by atoms with Gasteiger partial charge in [0.15, 0.2) is 0 Å². The summed E-state index contributed by atoms with van der Waals surface area (Å²) in [4.78, 5) is 24.5. The number of rotatable bonds is 12. The molecule has 3 aromatic rings. The van der Waals surface area contributed by atoms with Crippen molar-refractivity contribution >= 4 is 30.6 Å². The van der Waals surface area contributed by atoms with Crippen LogP contribution in [0, 0.1) is 5.92 Å². The summed E-state index contributed by atoms with van der Waals surface area (Å²) < 4.78 is 12.7. The number of carbonyl (C=O) groups excluding carboxylic acids is 1. The molecular weight excluding hydrogens is 506 g/mol. The summed E-state index contributed by atoms with van der Waals surface area (Å²) in [6.07, 6.45) is -1.40. The van der Waals surface area contributed by atoms with E-state index in [1.54, 1.807) is 6.92 Å². The minimum Gasteiger partial charge on any atom is -0.481 e. The van der Waals surface area contributed by atoms with Gasteiger partial charge in [-0.3, -0.25) is 9.59 Å². The Morgan fingerprint density at radius 3 is 1.69 bits per heavy atom. The van der Waals surface area contributed by atoms with Crippen LogP contribution in [0.1, 0.15) is 47.1 Å². The molecule has 0 aliphatic heterocycles. The first-order valence-corrected chi connectivity index (χ1v) is 15.3. The van der Waals surface area contributed by atoms with Crippen LogP contribution in [0.25, 0.3) is 0 Å². The predicted octanol–water partition coefficient (Wildman–Crippen LogP) is 4.76. The Kier molecular flexibility index (Phi) is 10.2. The summed E-state index contributed by atoms with van der Waals surface area (Å²) in [5.41, 5.74) is 1.02. The van der Waals surface area contributed by atoms with E-state index in [0.717, 1.165) is 15.9 Å². The molecule has 3 aromatic carbocycles. The van der Waals surface area contributed by atoms with Crippen molar-refractivity contribution in [3.63, 3.8) is 0 Å². The van der Waals surface area contributed by atoms with Gasteiger partial charge in [0.2, 0.25) is 0 Å². The number of hydrogen-bond acceptors (Lipinski definition) is 5. The van der Waals surface area contributed by atoms with E-state index in [0.29, 0.717) is 6.54 Å². The minimum absolute atomic E-state index is 0.284. The topological polar surface area (TPSA) is 84.9 Å². The van der Waals surface area contributed by atoms with Crippen molar-refractivity contribution in [2.45, 2.75) is 71.4 Å². The highest BCUT2D eigenvalue weighted by Crippen LogP contribution is 2.38. The largest absolute Gasteiger partial charge is 0.481 e. The van der Waals surface area contributed by atoms with E-state index in [4.69, 9.17) is 9.16 Å². The van der Waals surface area contributed by atoms with Crippen LogP contribution in [-0.2, 0) is 25.3 Å². The molecule has 0 aliphatic carbocycles. The number of ether oxygens (including phenoxy) is 1. The quantitative estimate of drug-likeness (QED) is 0.251. The zero-order chi connectivity index (χ0) is 28.6. The van der Waals surface area contributed by atoms with Crippen LogP contribution in [0.5, 0.6) is 0 Å². The van der Waals surface area contributed by atoms with Gasteiger partial charge < -0.3 is 19.6 Å². The van der Waals surface area contributed by atoms with E-state index in [1.807, 2.05) is 73.7 Å². The van der Waals surface area contributed by atoms with E-state index in [1.165, 1.54) is 6.92 Å². The number of aliphatic carboxylic acids is 1. The highest BCUT2D eigenvalue weighted by molar-refractivity contribution is 6.99. The van der Waals surface area contributed by atoms with Crippen molar-refractivity contribution in [2.75, 3.05) is 0 Å². The lowest BCUT2D eigenvalue weighted by atomic mass is 9.90. The molecule has 0 amide bonds. The van der Waals surface area contributed by atoms with Crippen molar-refractivity contribution in [2.24, 2.45) is 5.92 Å². The van der Waals surface area contributed by atoms with Crippen molar-refractivity contribution in [1.82, 2.24) is 5.32 Å². The highest BCUT2D eigenvalue weighted by Gasteiger charge is 2.52. The van der Waals surface area contributed by atoms with Gasteiger partial charge in [0.25, 0.3) is 8.32 Å². The molecule has 0 aromatic heterocycles. The van der Waals surface area contributed by atoms with Crippen LogP contribution in [-0.4, -0.2) is 43.6 Å². The Labute approximate surface area is 233 Å². The van der Waals surface area contributed by atoms with Gasteiger partial charge in [-0.15, -0.1) is 0 Å². The third-order valence-corrected chi connectivity index (χ3v) is 12.3. The summed E-state index contributed by atoms with van der Waals surface area (Å²) >= 11 is 0. The minimum atomic E-state index is -2.97. The second-order valence-corrected chi connectivity index (χ2v) is 15.3. The third kappa shape index (κ3) is 7.23. The average Bonchev–Trinajstić information content (AvgIpc) is 2.89. The molecule has 2 N–H and O–H groups in total. The molecule has 0 bridgehead atoms. The van der Waals surface area contributed by atoms with Crippen LogP contribution < -0.4 is 15.7 Å². The van der Waals surface area contributed by atoms with Gasteiger partial charge in [0.1, 0.15) is 12.0 Å². The summed E-state index contributed by atoms with van der Waals surface area (Å²) in [6, 6.07) is 29.7. The van der Waals surface area contributed by atoms with E-state index < -0.39 is 44.4 Å². The number of carboxylic acid groups (broad SMARTS) is 1. The van der Waals surface area contributed by atoms with E-state index >= 15 is 0 Å². The van der Waals surface area contributed by atoms with Crippen LogP contribution in [0.15, 0.2) is 91.0 Å². The summed E-state index contributed by atoms with van der Waals surface area (Å²) in [6.45, 7) is 11.9. The first-order chi connectivity index (χ1) is 18.5. The fourth-order valence-corrected chi connectivity index (χ4v) is 10.2.